The van der Waals surface area contributed by atoms with Crippen molar-refractivity contribution in [2.24, 2.45) is 23.7 Å². The van der Waals surface area contributed by atoms with E-state index in [2.05, 4.69) is 10.6 Å². The van der Waals surface area contributed by atoms with E-state index in [1.807, 2.05) is 22.6 Å². The number of anilines is 1. The first-order valence-corrected chi connectivity index (χ1v) is 21.3. The van der Waals surface area contributed by atoms with Crippen LogP contribution in [0, 0.1) is 30.6 Å². The minimum Gasteiger partial charge on any atom is -0.507 e. The van der Waals surface area contributed by atoms with Gasteiger partial charge in [0.25, 0.3) is 11.7 Å². The number of hydrogen-bond donors (Lipinski definition) is 7. The van der Waals surface area contributed by atoms with Gasteiger partial charge in [-0.05, 0) is 19.9 Å². The Labute approximate surface area is 355 Å². The fraction of sp³-hybridized carbons (Fsp3) is 0.512. The molecule has 2 aromatic rings. The second-order valence-electron chi connectivity index (χ2n) is 14.9. The normalized spacial score (nSPS) is 30.2. The van der Waals surface area contributed by atoms with Gasteiger partial charge in [-0.15, -0.1) is 11.8 Å². The van der Waals surface area contributed by atoms with Gasteiger partial charge < -0.3 is 55.1 Å². The number of alkyl halides is 1. The molecule has 0 aromatic heterocycles. The Morgan fingerprint density at radius 2 is 1.66 bits per heavy atom. The third kappa shape index (κ3) is 9.54. The lowest BCUT2D eigenvalue weighted by Gasteiger charge is -2.38. The lowest BCUT2D eigenvalue weighted by atomic mass is 9.78. The number of Topliss-reactive ketones (excluding diaryl/α,β-unsaturated/α-hetero) is 1. The van der Waals surface area contributed by atoms with E-state index in [1.165, 1.54) is 53.2 Å². The Morgan fingerprint density at radius 3 is 2.28 bits per heavy atom. The highest BCUT2D eigenvalue weighted by molar-refractivity contribution is 14.1. The molecule has 0 fully saturated rings. The smallest absolute Gasteiger partial charge is 0.312 e. The first kappa shape index (κ1) is 46.6. The molecule has 0 saturated carbocycles. The van der Waals surface area contributed by atoms with Crippen molar-refractivity contribution in [2.75, 3.05) is 29.2 Å². The largest absolute Gasteiger partial charge is 0.507 e. The van der Waals surface area contributed by atoms with Crippen LogP contribution in [0.1, 0.15) is 64.4 Å². The zero-order valence-electron chi connectivity index (χ0n) is 33.9. The number of fused-ring (bicyclic) bond motifs is 14. The fourth-order valence-corrected chi connectivity index (χ4v) is 8.44. The molecule has 0 unspecified atom stereocenters. The zero-order valence-corrected chi connectivity index (χ0v) is 36.9. The topological polar surface area (TPSA) is 230 Å². The van der Waals surface area contributed by atoms with Gasteiger partial charge >= 0.3 is 11.8 Å². The van der Waals surface area contributed by atoms with Crippen LogP contribution in [0.15, 0.2) is 41.0 Å². The summed E-state index contributed by atoms with van der Waals surface area (Å²) in [5, 5.41) is 62.9. The summed E-state index contributed by atoms with van der Waals surface area (Å²) in [5.41, 5.74) is -0.245. The summed E-state index contributed by atoms with van der Waals surface area (Å²) < 4.78 is 23.7. The predicted molar refractivity (Wildman–Crippen MR) is 226 cm³/mol. The average molecular weight is 941 g/mol. The number of halogens is 1. The zero-order chi connectivity index (χ0) is 43.4. The Hall–Kier alpha value is -4.04. The van der Waals surface area contributed by atoms with Crippen LogP contribution in [0.5, 0.6) is 23.0 Å². The van der Waals surface area contributed by atoms with Crippen LogP contribution in [0.4, 0.5) is 5.69 Å². The molecule has 5 rings (SSSR count). The number of aliphatic hydroxyl groups is 2. The fourth-order valence-electron chi connectivity index (χ4n) is 7.23. The number of aliphatic hydroxyl groups excluding tert-OH is 2. The van der Waals surface area contributed by atoms with Gasteiger partial charge in [0.15, 0.2) is 5.75 Å². The average Bonchev–Trinajstić information content (AvgIpc) is 3.45. The molecule has 0 radical (unpaired) electrons. The van der Waals surface area contributed by atoms with Crippen molar-refractivity contribution in [3.8, 4) is 23.0 Å². The minimum atomic E-state index is -2.05. The first-order valence-electron chi connectivity index (χ1n) is 18.8. The molecule has 0 saturated heterocycles. The number of carbonyl (C=O) groups excluding carboxylic acids is 4. The van der Waals surface area contributed by atoms with E-state index in [0.29, 0.717) is 0 Å². The lowest BCUT2D eigenvalue weighted by molar-refractivity contribution is -0.160. The Kier molecular flexibility index (Phi) is 15.6. The van der Waals surface area contributed by atoms with E-state index < -0.39 is 88.8 Å². The van der Waals surface area contributed by atoms with Crippen molar-refractivity contribution < 1.29 is 63.7 Å². The highest BCUT2D eigenvalue weighted by Crippen LogP contribution is 2.57. The summed E-state index contributed by atoms with van der Waals surface area (Å²) in [5.74, 6) is -8.51. The molecular formula is C41H53IN2O13S. The molecule has 7 N–H and O–H groups in total. The number of phenolic OH excluding ortho intramolecular Hbond substituents is 3. The van der Waals surface area contributed by atoms with Gasteiger partial charge in [0.1, 0.15) is 29.0 Å². The van der Waals surface area contributed by atoms with Crippen LogP contribution in [-0.2, 0) is 28.6 Å². The quantitative estimate of drug-likeness (QED) is 0.0351. The standard InChI is InChI=1S/C41H53IN2O13S/c1-18-11-10-12-19(2)40(53)44-30-34(50)28-27(35(51)38(30)58-16-14-43-26(46)17-42)29-37(23(6)33(28)49)57-41(8,39(29)52)55-15-13-25(54-9)20(3)36(56-24(7)45)22(5)32(48)21(4)31(18)47/h10-13,15,18,20-22,25,31-32,36,47-51H,14,16-17H2,1-9H3,(H,43,46)(H,44,53)/b11-10+,15-13+,19-12-/t18-,20-,21-,22+,25+,31+,32+,36-,41+/m1/s1. The van der Waals surface area contributed by atoms with Gasteiger partial charge in [-0.2, -0.15) is 0 Å². The summed E-state index contributed by atoms with van der Waals surface area (Å²) in [4.78, 5) is 52.2. The molecule has 15 nitrogen and oxygen atoms in total. The molecule has 0 aliphatic carbocycles. The number of rotatable bonds is 7. The number of carbonyl (C=O) groups is 4. The monoisotopic (exact) mass is 940 g/mol. The maximum absolute atomic E-state index is 14.3. The molecule has 9 atom stereocenters. The number of aromatic hydroxyl groups is 3. The van der Waals surface area contributed by atoms with Crippen molar-refractivity contribution in [3.63, 3.8) is 0 Å². The van der Waals surface area contributed by atoms with Gasteiger partial charge in [-0.3, -0.25) is 19.2 Å². The van der Waals surface area contributed by atoms with Crippen LogP contribution in [0.3, 0.4) is 0 Å². The maximum atomic E-state index is 14.3. The molecule has 3 heterocycles. The van der Waals surface area contributed by atoms with Crippen molar-refractivity contribution in [3.05, 3.63) is 47.3 Å². The summed E-state index contributed by atoms with van der Waals surface area (Å²) in [6, 6.07) is 0. The van der Waals surface area contributed by atoms with Crippen LogP contribution in [0.2, 0.25) is 0 Å². The van der Waals surface area contributed by atoms with E-state index >= 15 is 0 Å². The number of phenols is 3. The van der Waals surface area contributed by atoms with Crippen molar-refractivity contribution in [1.29, 1.82) is 0 Å². The lowest BCUT2D eigenvalue weighted by Crippen LogP contribution is -2.46. The second kappa shape index (κ2) is 19.4. The molecule has 3 aliphatic heterocycles. The number of hydrogen-bond acceptors (Lipinski definition) is 14. The second-order valence-corrected chi connectivity index (χ2v) is 16.7. The number of methoxy groups -OCH3 is 1. The summed E-state index contributed by atoms with van der Waals surface area (Å²) in [7, 11) is 1.43. The van der Waals surface area contributed by atoms with Gasteiger partial charge in [-0.25, -0.2) is 0 Å². The summed E-state index contributed by atoms with van der Waals surface area (Å²) in [6.45, 7) is 12.6. The number of esters is 1. The number of allylic oxidation sites excluding steroid dienone is 2. The van der Waals surface area contributed by atoms with E-state index in [-0.39, 0.29) is 66.4 Å². The number of nitrogens with one attached hydrogen (secondary N) is 2. The molecule has 0 spiro atoms. The Balaban J connectivity index is 1.94. The first-order chi connectivity index (χ1) is 27.2. The number of thioether (sulfide) groups is 1. The Morgan fingerprint density at radius 1 is 0.983 bits per heavy atom. The number of ether oxygens (including phenoxy) is 4. The van der Waals surface area contributed by atoms with Crippen LogP contribution < -0.4 is 15.4 Å². The maximum Gasteiger partial charge on any atom is 0.312 e. The number of ketones is 1. The van der Waals surface area contributed by atoms with Crippen LogP contribution in [0.25, 0.3) is 10.8 Å². The molecule has 58 heavy (non-hydrogen) atoms. The molecule has 3 aliphatic rings. The van der Waals surface area contributed by atoms with E-state index in [9.17, 15) is 44.7 Å². The van der Waals surface area contributed by atoms with Crippen molar-refractivity contribution in [1.82, 2.24) is 5.32 Å². The SMILES string of the molecule is CO[C@H]1/C=C/O[C@@]2(C)Oc3c(C)c(O)c4c(O)c(c(SCCNC(=O)CI)c(O)c4c3C2=O)NC(=O)/C(C)=C\C=C\[C@@H](C)[C@H](O)[C@@H](C)[C@H](O)[C@H](C)[C@H](OC(C)=O)[C@@H]1C. The van der Waals surface area contributed by atoms with Gasteiger partial charge in [-0.1, -0.05) is 68.5 Å². The molecule has 17 heteroatoms. The third-order valence-corrected chi connectivity index (χ3v) is 12.5. The molecular weight excluding hydrogens is 887 g/mol. The van der Waals surface area contributed by atoms with Crippen LogP contribution in [-0.4, -0.2) is 103 Å². The number of benzene rings is 2. The van der Waals surface area contributed by atoms with E-state index in [0.717, 1.165) is 11.8 Å². The van der Waals surface area contributed by atoms with Gasteiger partial charge in [0.2, 0.25) is 5.91 Å². The van der Waals surface area contributed by atoms with Gasteiger partial charge in [0.05, 0.1) is 44.8 Å². The van der Waals surface area contributed by atoms with E-state index in [4.69, 9.17) is 18.9 Å². The summed E-state index contributed by atoms with van der Waals surface area (Å²) in [6.07, 6.45) is 3.45. The molecule has 2 amide bonds. The van der Waals surface area contributed by atoms with Crippen LogP contribution >= 0.6 is 34.4 Å². The third-order valence-electron chi connectivity index (χ3n) is 10.7. The summed E-state index contributed by atoms with van der Waals surface area (Å²) >= 11 is 2.90. The highest BCUT2D eigenvalue weighted by Gasteiger charge is 2.50. The van der Waals surface area contributed by atoms with E-state index in [1.54, 1.807) is 39.8 Å². The molecule has 2 aromatic carbocycles. The minimum absolute atomic E-state index is 0.0403. The highest BCUT2D eigenvalue weighted by atomic mass is 127. The number of amides is 2. The van der Waals surface area contributed by atoms with Crippen molar-refractivity contribution in [2.45, 2.75) is 90.5 Å². The Bertz CT molecular complexity index is 2020. The van der Waals surface area contributed by atoms with Crippen molar-refractivity contribution >= 4 is 74.4 Å². The molecule has 318 valence electrons. The molecule has 5 bridgehead atoms. The predicted octanol–water partition coefficient (Wildman–Crippen LogP) is 5.40. The van der Waals surface area contributed by atoms with Gasteiger partial charge in [0, 0.05) is 73.4 Å².